The second-order valence-corrected chi connectivity index (χ2v) is 14.3. The van der Waals surface area contributed by atoms with Crippen LogP contribution in [0.4, 0.5) is 0 Å². The Hall–Kier alpha value is -6.79. The minimum absolute atomic E-state index is 0.0334. The van der Waals surface area contributed by atoms with Crippen LogP contribution in [0.1, 0.15) is 51.8 Å². The second-order valence-electron chi connectivity index (χ2n) is 14.3. The van der Waals surface area contributed by atoms with Crippen LogP contribution in [0.15, 0.2) is 152 Å². The SMILES string of the molecule is O=C(OC[C@H]1O[C@H](OC(=O)c2ccccc2)[C@@H](OC(=O)c2ccccc2)[C@@H](OC(=O)c2ccccc2)[C@@H]1O[C@@H]1O[C@H](CO)[C@H](O)[C@H](OC(=O)c2ccccc2)[C@@H]1O)c1ccccc1. The van der Waals surface area contributed by atoms with Gasteiger partial charge in [-0.1, -0.05) is 91.0 Å². The predicted molar refractivity (Wildman–Crippen MR) is 217 cm³/mol. The van der Waals surface area contributed by atoms with Crippen LogP contribution in [-0.4, -0.2) is 120 Å². The number of carbonyl (C=O) groups is 5. The van der Waals surface area contributed by atoms with Gasteiger partial charge in [0.2, 0.25) is 12.4 Å². The lowest BCUT2D eigenvalue weighted by Crippen LogP contribution is -2.66. The van der Waals surface area contributed by atoms with Crippen molar-refractivity contribution in [2.75, 3.05) is 13.2 Å². The van der Waals surface area contributed by atoms with Gasteiger partial charge in [0.25, 0.3) is 0 Å². The first-order valence-electron chi connectivity index (χ1n) is 19.8. The molecule has 16 heteroatoms. The molecule has 16 nitrogen and oxygen atoms in total. The molecular formula is C47H42O16. The molecule has 2 saturated heterocycles. The minimum Gasteiger partial charge on any atom is -0.459 e. The molecule has 326 valence electrons. The van der Waals surface area contributed by atoms with E-state index in [1.165, 1.54) is 60.7 Å². The van der Waals surface area contributed by atoms with Gasteiger partial charge in [-0.05, 0) is 60.7 Å². The lowest BCUT2D eigenvalue weighted by Gasteiger charge is -2.47. The van der Waals surface area contributed by atoms with E-state index in [0.717, 1.165) is 0 Å². The summed E-state index contributed by atoms with van der Waals surface area (Å²) in [5.41, 5.74) is 0.374. The normalized spacial score (nSPS) is 25.4. The van der Waals surface area contributed by atoms with Crippen molar-refractivity contribution < 1.29 is 77.2 Å². The van der Waals surface area contributed by atoms with E-state index in [2.05, 4.69) is 0 Å². The Morgan fingerprint density at radius 2 is 0.778 bits per heavy atom. The Kier molecular flexibility index (Phi) is 14.7. The number of benzene rings is 5. The zero-order valence-corrected chi connectivity index (χ0v) is 33.3. The highest BCUT2D eigenvalue weighted by Gasteiger charge is 2.56. The fourth-order valence-electron chi connectivity index (χ4n) is 6.85. The predicted octanol–water partition coefficient (Wildman–Crippen LogP) is 3.93. The molecule has 63 heavy (non-hydrogen) atoms. The Bertz CT molecular complexity index is 2300. The largest absolute Gasteiger partial charge is 0.459 e. The average Bonchev–Trinajstić information content (AvgIpc) is 3.33. The first kappa shape index (κ1) is 44.3. The van der Waals surface area contributed by atoms with Crippen LogP contribution >= 0.6 is 0 Å². The molecule has 7 rings (SSSR count). The van der Waals surface area contributed by atoms with Crippen LogP contribution in [0.25, 0.3) is 0 Å². The third kappa shape index (κ3) is 10.8. The number of aliphatic hydroxyl groups excluding tert-OH is 3. The Morgan fingerprint density at radius 1 is 0.413 bits per heavy atom. The van der Waals surface area contributed by atoms with Crippen LogP contribution in [-0.2, 0) is 37.9 Å². The van der Waals surface area contributed by atoms with Gasteiger partial charge < -0.3 is 53.2 Å². The maximum atomic E-state index is 14.0. The Balaban J connectivity index is 1.30. The number of esters is 5. The smallest absolute Gasteiger partial charge is 0.340 e. The zero-order valence-electron chi connectivity index (χ0n) is 33.3. The van der Waals surface area contributed by atoms with E-state index in [1.807, 2.05) is 0 Å². The summed E-state index contributed by atoms with van der Waals surface area (Å²) >= 11 is 0. The number of hydrogen-bond acceptors (Lipinski definition) is 16. The molecule has 2 heterocycles. The summed E-state index contributed by atoms with van der Waals surface area (Å²) in [7, 11) is 0. The van der Waals surface area contributed by atoms with Crippen molar-refractivity contribution in [1.29, 1.82) is 0 Å². The molecule has 3 N–H and O–H groups in total. The van der Waals surface area contributed by atoms with E-state index in [4.69, 9.17) is 37.9 Å². The zero-order chi connectivity index (χ0) is 44.3. The molecule has 0 saturated carbocycles. The maximum Gasteiger partial charge on any atom is 0.340 e. The van der Waals surface area contributed by atoms with Crippen molar-refractivity contribution in [3.63, 3.8) is 0 Å². The monoisotopic (exact) mass is 862 g/mol. The summed E-state index contributed by atoms with van der Waals surface area (Å²) in [6.45, 7) is -1.55. The van der Waals surface area contributed by atoms with E-state index in [-0.39, 0.29) is 27.8 Å². The number of aliphatic hydroxyl groups is 3. The highest BCUT2D eigenvalue weighted by molar-refractivity contribution is 5.92. The molecule has 5 aromatic rings. The van der Waals surface area contributed by atoms with Crippen LogP contribution in [0.2, 0.25) is 0 Å². The molecule has 0 unspecified atom stereocenters. The average molecular weight is 863 g/mol. The fraction of sp³-hybridized carbons (Fsp3) is 0.255. The van der Waals surface area contributed by atoms with E-state index >= 15 is 0 Å². The van der Waals surface area contributed by atoms with Crippen LogP contribution in [0, 0.1) is 0 Å². The molecule has 0 spiro atoms. The standard InChI is InChI=1S/C47H42O16/c48-26-33-35(49)38(59-42(52)29-18-8-2-9-19-29)36(50)46(57-33)62-37-34(27-56-41(51)28-16-6-1-7-17-28)58-47(63-45(55)32-24-14-5-15-25-32)40(61-44(54)31-22-12-4-13-23-31)39(37)60-43(53)30-20-10-3-11-21-30/h1-25,33-40,46-50H,26-27H2/t33-,34-,35+,36+,37-,38+,39+,40+,46+,47-/m1/s1. The maximum absolute atomic E-state index is 14.0. The molecule has 2 fully saturated rings. The van der Waals surface area contributed by atoms with E-state index in [1.54, 1.807) is 91.0 Å². The third-order valence-corrected chi connectivity index (χ3v) is 10.1. The van der Waals surface area contributed by atoms with Crippen LogP contribution in [0.5, 0.6) is 0 Å². The third-order valence-electron chi connectivity index (χ3n) is 10.1. The summed E-state index contributed by atoms with van der Waals surface area (Å²) in [6.07, 6.45) is -17.9. The molecule has 0 aliphatic carbocycles. The molecule has 0 amide bonds. The van der Waals surface area contributed by atoms with Gasteiger partial charge in [-0.15, -0.1) is 0 Å². The quantitative estimate of drug-likeness (QED) is 0.106. The lowest BCUT2D eigenvalue weighted by molar-refractivity contribution is -0.352. The van der Waals surface area contributed by atoms with Crippen molar-refractivity contribution >= 4 is 29.8 Å². The fourth-order valence-corrected chi connectivity index (χ4v) is 6.85. The number of ether oxygens (including phenoxy) is 8. The minimum atomic E-state index is -2.01. The summed E-state index contributed by atoms with van der Waals surface area (Å²) in [5.74, 6) is -4.65. The van der Waals surface area contributed by atoms with Gasteiger partial charge >= 0.3 is 29.8 Å². The van der Waals surface area contributed by atoms with Crippen LogP contribution < -0.4 is 0 Å². The van der Waals surface area contributed by atoms with Gasteiger partial charge in [-0.25, -0.2) is 24.0 Å². The molecule has 0 radical (unpaired) electrons. The molecule has 5 aromatic carbocycles. The number of carbonyl (C=O) groups excluding carboxylic acids is 5. The number of rotatable bonds is 14. The molecule has 2 aliphatic rings. The lowest BCUT2D eigenvalue weighted by atomic mass is 9.96. The molecule has 0 bridgehead atoms. The van der Waals surface area contributed by atoms with E-state index < -0.39 is 104 Å². The Morgan fingerprint density at radius 3 is 1.21 bits per heavy atom. The first-order chi connectivity index (χ1) is 30.6. The summed E-state index contributed by atoms with van der Waals surface area (Å²) in [5, 5.41) is 33.2. The summed E-state index contributed by atoms with van der Waals surface area (Å²) in [6, 6.07) is 38.8. The topological polar surface area (TPSA) is 220 Å². The van der Waals surface area contributed by atoms with Gasteiger partial charge in [0.1, 0.15) is 37.1 Å². The molecule has 2 aliphatic heterocycles. The van der Waals surface area contributed by atoms with E-state index in [9.17, 15) is 39.3 Å². The van der Waals surface area contributed by atoms with E-state index in [0.29, 0.717) is 0 Å². The summed E-state index contributed by atoms with van der Waals surface area (Å²) in [4.78, 5) is 68.1. The van der Waals surface area contributed by atoms with Gasteiger partial charge in [0, 0.05) is 0 Å². The molecular weight excluding hydrogens is 821 g/mol. The second kappa shape index (κ2) is 20.9. The highest BCUT2D eigenvalue weighted by Crippen LogP contribution is 2.35. The van der Waals surface area contributed by atoms with Crippen molar-refractivity contribution in [3.8, 4) is 0 Å². The van der Waals surface area contributed by atoms with Crippen molar-refractivity contribution in [2.24, 2.45) is 0 Å². The summed E-state index contributed by atoms with van der Waals surface area (Å²) < 4.78 is 47.7. The van der Waals surface area contributed by atoms with Gasteiger partial charge in [-0.2, -0.15) is 0 Å². The van der Waals surface area contributed by atoms with Crippen LogP contribution in [0.3, 0.4) is 0 Å². The number of hydrogen-bond donors (Lipinski definition) is 3. The van der Waals surface area contributed by atoms with Crippen molar-refractivity contribution in [1.82, 2.24) is 0 Å². The van der Waals surface area contributed by atoms with Crippen molar-refractivity contribution in [2.45, 2.75) is 61.4 Å². The van der Waals surface area contributed by atoms with Gasteiger partial charge in [0.05, 0.1) is 34.4 Å². The Labute approximate surface area is 360 Å². The molecule has 10 atom stereocenters. The highest BCUT2D eigenvalue weighted by atomic mass is 16.8. The molecule has 0 aromatic heterocycles. The van der Waals surface area contributed by atoms with Gasteiger partial charge in [-0.3, -0.25) is 0 Å². The van der Waals surface area contributed by atoms with Gasteiger partial charge in [0.15, 0.2) is 18.5 Å². The first-order valence-corrected chi connectivity index (χ1v) is 19.8. The van der Waals surface area contributed by atoms with Crippen molar-refractivity contribution in [3.05, 3.63) is 179 Å².